The average Bonchev–Trinajstić information content (AvgIpc) is 3.31. The van der Waals surface area contributed by atoms with E-state index >= 15 is 0 Å². The number of aliphatic hydroxyl groups is 1. The first-order valence-corrected chi connectivity index (χ1v) is 16.2. The molecule has 11 heteroatoms. The van der Waals surface area contributed by atoms with Crippen molar-refractivity contribution < 1.29 is 48.0 Å². The summed E-state index contributed by atoms with van der Waals surface area (Å²) in [5, 5.41) is 9.58. The minimum absolute atomic E-state index is 0.0125. The van der Waals surface area contributed by atoms with Crippen LogP contribution in [0.5, 0.6) is 0 Å². The Morgan fingerprint density at radius 3 is 2.19 bits per heavy atom. The van der Waals surface area contributed by atoms with Crippen LogP contribution in [0.25, 0.3) is 0 Å². The van der Waals surface area contributed by atoms with Crippen LogP contribution >= 0.6 is 0 Å². The number of hydrogen-bond acceptors (Lipinski definition) is 10. The van der Waals surface area contributed by atoms with Crippen molar-refractivity contribution in [1.82, 2.24) is 4.90 Å². The smallest absolute Gasteiger partial charge is 0.417 e. The Hall–Kier alpha value is -4.19. The molecule has 0 bridgehead atoms. The van der Waals surface area contributed by atoms with E-state index in [4.69, 9.17) is 18.9 Å². The number of amides is 2. The van der Waals surface area contributed by atoms with Crippen LogP contribution in [0.1, 0.15) is 58.6 Å². The van der Waals surface area contributed by atoms with E-state index in [-0.39, 0.29) is 44.4 Å². The first kappa shape index (κ1) is 38.3. The van der Waals surface area contributed by atoms with Gasteiger partial charge in [0.2, 0.25) is 5.91 Å². The number of ether oxygens (including phenoxy) is 4. The predicted octanol–water partition coefficient (Wildman–Crippen LogP) is 4.63. The number of carbonyl (C=O) groups is 5. The third-order valence-corrected chi connectivity index (χ3v) is 7.94. The number of rotatable bonds is 19. The van der Waals surface area contributed by atoms with Gasteiger partial charge in [-0.25, -0.2) is 9.69 Å². The molecule has 0 unspecified atom stereocenters. The summed E-state index contributed by atoms with van der Waals surface area (Å²) in [6.07, 6.45) is -0.461. The van der Waals surface area contributed by atoms with Gasteiger partial charge in [-0.1, -0.05) is 74.5 Å². The Labute approximate surface area is 282 Å². The summed E-state index contributed by atoms with van der Waals surface area (Å²) in [5.41, 5.74) is 0.670. The molecular formula is C37H47NO10. The van der Waals surface area contributed by atoms with Gasteiger partial charge in [0, 0.05) is 20.0 Å². The van der Waals surface area contributed by atoms with Crippen LogP contribution in [0.2, 0.25) is 0 Å². The van der Waals surface area contributed by atoms with Crippen LogP contribution in [-0.2, 0) is 51.2 Å². The fraction of sp³-hybridized carbons (Fsp3) is 0.486. The van der Waals surface area contributed by atoms with Crippen LogP contribution < -0.4 is 0 Å². The number of nitrogens with zero attached hydrogens (tertiary/aromatic N) is 1. The largest absolute Gasteiger partial charge is 0.453 e. The molecule has 11 nitrogen and oxygen atoms in total. The Kier molecular flexibility index (Phi) is 14.6. The number of aliphatic hydroxyl groups excluding tert-OH is 1. The molecule has 48 heavy (non-hydrogen) atoms. The fourth-order valence-electron chi connectivity index (χ4n) is 5.83. The Balaban J connectivity index is 1.66. The molecule has 1 saturated heterocycles. The molecule has 4 atom stereocenters. The third kappa shape index (κ3) is 11.2. The average molecular weight is 666 g/mol. The summed E-state index contributed by atoms with van der Waals surface area (Å²) in [6, 6.07) is 17.8. The third-order valence-electron chi connectivity index (χ3n) is 7.94. The van der Waals surface area contributed by atoms with E-state index in [2.05, 4.69) is 0 Å². The van der Waals surface area contributed by atoms with Gasteiger partial charge >= 0.3 is 12.1 Å². The molecule has 0 radical (unpaired) electrons. The van der Waals surface area contributed by atoms with Gasteiger partial charge in [-0.05, 0) is 55.9 Å². The van der Waals surface area contributed by atoms with Crippen molar-refractivity contribution in [3.63, 3.8) is 0 Å². The molecule has 0 saturated carbocycles. The molecule has 260 valence electrons. The van der Waals surface area contributed by atoms with Crippen molar-refractivity contribution in [3.05, 3.63) is 83.9 Å². The fourth-order valence-corrected chi connectivity index (χ4v) is 5.83. The Bertz CT molecular complexity index is 1410. The molecule has 2 amide bonds. The first-order chi connectivity index (χ1) is 22.8. The standard InChI is InChI=1S/C37H47NO10/c1-25(2)34-37(4,5)48-36(44)38(34)35(43)31(21-27-13-8-6-9-14-27)33(47-26(3)40)32(42)19-18-29(41)17-12-20-45-24-30(22-39)46-23-28-15-10-7-11-16-28/h6-11,13-16,18-19,25,30-31,33-34,39H,12,17,20-24H2,1-5H3/t30-,31+,33-,34-/m1/s1. The van der Waals surface area contributed by atoms with E-state index in [1.54, 1.807) is 44.2 Å². The lowest BCUT2D eigenvalue weighted by Gasteiger charge is -2.34. The molecule has 0 spiro atoms. The number of esters is 1. The number of imide groups is 1. The van der Waals surface area contributed by atoms with Gasteiger partial charge in [0.15, 0.2) is 17.7 Å². The highest BCUT2D eigenvalue weighted by atomic mass is 16.6. The van der Waals surface area contributed by atoms with E-state index < -0.39 is 53.5 Å². The van der Waals surface area contributed by atoms with Crippen LogP contribution in [0.4, 0.5) is 4.79 Å². The van der Waals surface area contributed by atoms with Gasteiger partial charge in [0.1, 0.15) is 11.7 Å². The number of carbonyl (C=O) groups excluding carboxylic acids is 5. The summed E-state index contributed by atoms with van der Waals surface area (Å²) in [6.45, 7) is 8.76. The molecular weight excluding hydrogens is 618 g/mol. The monoisotopic (exact) mass is 665 g/mol. The van der Waals surface area contributed by atoms with Crippen molar-refractivity contribution in [2.45, 2.75) is 84.3 Å². The number of benzene rings is 2. The second kappa shape index (κ2) is 18.4. The predicted molar refractivity (Wildman–Crippen MR) is 177 cm³/mol. The molecule has 0 aliphatic carbocycles. The minimum atomic E-state index is -1.60. The lowest BCUT2D eigenvalue weighted by Crippen LogP contribution is -2.53. The molecule has 2 aromatic rings. The highest BCUT2D eigenvalue weighted by Crippen LogP contribution is 2.36. The molecule has 1 aliphatic heterocycles. The number of cyclic esters (lactones) is 1. The van der Waals surface area contributed by atoms with Crippen LogP contribution in [-0.4, -0.2) is 83.2 Å². The highest BCUT2D eigenvalue weighted by molar-refractivity contribution is 6.05. The van der Waals surface area contributed by atoms with Crippen molar-refractivity contribution in [2.75, 3.05) is 19.8 Å². The van der Waals surface area contributed by atoms with Crippen LogP contribution in [0.15, 0.2) is 72.8 Å². The molecule has 1 aliphatic rings. The maximum absolute atomic E-state index is 14.2. The van der Waals surface area contributed by atoms with Gasteiger partial charge in [-0.3, -0.25) is 19.2 Å². The number of hydrogen-bond donors (Lipinski definition) is 1. The maximum Gasteiger partial charge on any atom is 0.417 e. The normalized spacial score (nSPS) is 17.6. The minimum Gasteiger partial charge on any atom is -0.453 e. The lowest BCUT2D eigenvalue weighted by atomic mass is 9.85. The quantitative estimate of drug-likeness (QED) is 0.128. The molecule has 1 N–H and O–H groups in total. The van der Waals surface area contributed by atoms with E-state index in [1.165, 1.54) is 0 Å². The molecule has 3 rings (SSSR count). The second-order valence-corrected chi connectivity index (χ2v) is 12.7. The van der Waals surface area contributed by atoms with Crippen molar-refractivity contribution in [3.8, 4) is 0 Å². The topological polar surface area (TPSA) is 146 Å². The summed E-state index contributed by atoms with van der Waals surface area (Å²) >= 11 is 0. The summed E-state index contributed by atoms with van der Waals surface area (Å²) in [5.74, 6) is -4.09. The van der Waals surface area contributed by atoms with E-state index in [0.29, 0.717) is 18.6 Å². The summed E-state index contributed by atoms with van der Waals surface area (Å²) in [4.78, 5) is 66.6. The van der Waals surface area contributed by atoms with Gasteiger partial charge in [0.05, 0.1) is 31.8 Å². The maximum atomic E-state index is 14.2. The lowest BCUT2D eigenvalue weighted by molar-refractivity contribution is -0.159. The van der Waals surface area contributed by atoms with Gasteiger partial charge in [-0.15, -0.1) is 0 Å². The molecule has 2 aromatic carbocycles. The van der Waals surface area contributed by atoms with E-state index in [9.17, 15) is 29.1 Å². The van der Waals surface area contributed by atoms with Crippen molar-refractivity contribution in [2.24, 2.45) is 11.8 Å². The van der Waals surface area contributed by atoms with E-state index in [1.807, 2.05) is 44.2 Å². The van der Waals surface area contributed by atoms with Gasteiger partial charge < -0.3 is 24.1 Å². The molecule has 0 aromatic heterocycles. The van der Waals surface area contributed by atoms with Gasteiger partial charge in [0.25, 0.3) is 0 Å². The van der Waals surface area contributed by atoms with Crippen LogP contribution in [0, 0.1) is 11.8 Å². The Morgan fingerprint density at radius 1 is 0.979 bits per heavy atom. The molecule has 1 heterocycles. The Morgan fingerprint density at radius 2 is 1.60 bits per heavy atom. The zero-order valence-electron chi connectivity index (χ0n) is 28.3. The summed E-state index contributed by atoms with van der Waals surface area (Å²) in [7, 11) is 0. The van der Waals surface area contributed by atoms with Crippen LogP contribution in [0.3, 0.4) is 0 Å². The zero-order chi connectivity index (χ0) is 35.3. The van der Waals surface area contributed by atoms with Crippen molar-refractivity contribution >= 4 is 29.5 Å². The highest BCUT2D eigenvalue weighted by Gasteiger charge is 2.54. The first-order valence-electron chi connectivity index (χ1n) is 16.2. The SMILES string of the molecule is CC(=O)O[C@@H](C(=O)C=CC(=O)CCCOC[C@@H](CO)OCc1ccccc1)[C@H](Cc1ccccc1)C(=O)N1C(=O)OC(C)(C)[C@H]1C(C)C. The second-order valence-electron chi connectivity index (χ2n) is 12.7. The van der Waals surface area contributed by atoms with Gasteiger partial charge in [-0.2, -0.15) is 0 Å². The number of allylic oxidation sites excluding steroid dienone is 1. The molecule has 1 fully saturated rings. The van der Waals surface area contributed by atoms with Crippen molar-refractivity contribution in [1.29, 1.82) is 0 Å². The summed E-state index contributed by atoms with van der Waals surface area (Å²) < 4.78 is 22.2. The van der Waals surface area contributed by atoms with E-state index in [0.717, 1.165) is 29.5 Å². The zero-order valence-corrected chi connectivity index (χ0v) is 28.3. The number of ketones is 2.